The van der Waals surface area contributed by atoms with E-state index in [-0.39, 0.29) is 17.6 Å². The van der Waals surface area contributed by atoms with Crippen molar-refractivity contribution in [3.8, 4) is 66.8 Å². The molecule has 15 nitrogen and oxygen atoms in total. The number of carbonyl (C=O) groups excluding carboxylic acids is 1. The number of aryl methyl sites for hydroxylation is 1. The third-order valence-electron chi connectivity index (χ3n) is 10.1. The molecule has 16 heteroatoms. The Hall–Kier alpha value is -7.56. The van der Waals surface area contributed by atoms with Crippen LogP contribution in [0, 0.1) is 6.92 Å². The van der Waals surface area contributed by atoms with Crippen molar-refractivity contribution >= 4 is 28.8 Å². The number of nitrogens with one attached hydrogen (secondary N) is 1. The highest BCUT2D eigenvalue weighted by molar-refractivity contribution is 7.17. The van der Waals surface area contributed by atoms with Gasteiger partial charge in [0.15, 0.2) is 10.8 Å². The SMILES string of the molecule is C.C=C(c1ccc(-c2cnc(C)c(-c3nnc(-c4ccncc4)o3)n2)cc1)N(C)C.Nc1ncc(-c2ccc(C(=O)N3CCCNCC3)cc2)nc1-c1nnc(-c2ccccc2)s1.[HH].[HH].[HH]. The van der Waals surface area contributed by atoms with Crippen LogP contribution in [-0.2, 0) is 0 Å². The second kappa shape index (κ2) is 19.9. The van der Waals surface area contributed by atoms with Crippen LogP contribution in [0.5, 0.6) is 0 Å². The van der Waals surface area contributed by atoms with Gasteiger partial charge in [-0.05, 0) is 49.7 Å². The number of anilines is 1. The van der Waals surface area contributed by atoms with Crippen molar-refractivity contribution < 1.29 is 13.5 Å². The molecule has 63 heavy (non-hydrogen) atoms. The van der Waals surface area contributed by atoms with Crippen LogP contribution in [0.4, 0.5) is 5.82 Å². The fourth-order valence-electron chi connectivity index (χ4n) is 6.54. The van der Waals surface area contributed by atoms with Crippen LogP contribution in [0.2, 0.25) is 0 Å². The van der Waals surface area contributed by atoms with Gasteiger partial charge in [-0.15, -0.1) is 20.4 Å². The summed E-state index contributed by atoms with van der Waals surface area (Å²) < 4.78 is 5.83. The second-order valence-corrected chi connectivity index (χ2v) is 15.5. The average Bonchev–Trinajstić information content (AvgIpc) is 3.94. The lowest BCUT2D eigenvalue weighted by Crippen LogP contribution is -2.34. The minimum absolute atomic E-state index is 0. The van der Waals surface area contributed by atoms with Gasteiger partial charge in [0.05, 0.1) is 29.5 Å². The molecule has 0 unspecified atom stereocenters. The molecule has 0 bridgehead atoms. The number of nitrogens with two attached hydrogens (primary N) is 1. The first kappa shape index (κ1) is 43.5. The Morgan fingerprint density at radius 1 is 0.746 bits per heavy atom. The van der Waals surface area contributed by atoms with Gasteiger partial charge in [-0.25, -0.2) is 15.0 Å². The first-order chi connectivity index (χ1) is 30.2. The van der Waals surface area contributed by atoms with Gasteiger partial charge >= 0.3 is 0 Å². The molecule has 9 rings (SSSR count). The quantitative estimate of drug-likeness (QED) is 0.140. The van der Waals surface area contributed by atoms with Crippen molar-refractivity contribution in [1.82, 2.24) is 60.4 Å². The van der Waals surface area contributed by atoms with Gasteiger partial charge in [0.2, 0.25) is 5.89 Å². The minimum atomic E-state index is 0. The van der Waals surface area contributed by atoms with Gasteiger partial charge < -0.3 is 25.3 Å². The van der Waals surface area contributed by atoms with Gasteiger partial charge in [0.25, 0.3) is 11.8 Å². The van der Waals surface area contributed by atoms with E-state index in [4.69, 9.17) is 20.1 Å². The molecule has 1 amide bonds. The zero-order valence-electron chi connectivity index (χ0n) is 34.4. The summed E-state index contributed by atoms with van der Waals surface area (Å²) in [5, 5.41) is 21.6. The molecule has 6 heterocycles. The Labute approximate surface area is 374 Å². The van der Waals surface area contributed by atoms with Gasteiger partial charge in [0, 0.05) is 83.9 Å². The summed E-state index contributed by atoms with van der Waals surface area (Å²) in [6.07, 6.45) is 7.70. The summed E-state index contributed by atoms with van der Waals surface area (Å²) in [5.41, 5.74) is 15.6. The molecular weight excluding hydrogens is 811 g/mol. The Morgan fingerprint density at radius 3 is 2.08 bits per heavy atom. The van der Waals surface area contributed by atoms with Crippen molar-refractivity contribution in [1.29, 1.82) is 0 Å². The molecule has 8 aromatic rings. The van der Waals surface area contributed by atoms with Crippen molar-refractivity contribution in [3.63, 3.8) is 0 Å². The highest BCUT2D eigenvalue weighted by atomic mass is 32.1. The standard InChI is InChI=1S/C24H23N7OS.C22H20N6O.CH4.3H2/c25-21-20(23-30-29-22(33-23)17-5-2-1-3-6-17)28-19(15-27-21)16-7-9-18(10-8-16)24(32)31-13-4-11-26-12-14-31;1-14-20(22-27-26-21(29-22)18-9-11-23-12-10-18)25-19(13-24-14)17-7-5-16(6-8-17)15(2)28(3)4;;;;/h1-3,5-10,15,26H,4,11-14H2,(H2,25,27);5-13H,2H2,1,3-4H3;1H4;3*1H. The summed E-state index contributed by atoms with van der Waals surface area (Å²) in [6.45, 7) is 9.22. The number of nitrogens with zero attached hydrogens (tertiary/aromatic N) is 11. The maximum Gasteiger partial charge on any atom is 0.268 e. The van der Waals surface area contributed by atoms with Crippen LogP contribution >= 0.6 is 11.3 Å². The zero-order chi connectivity index (χ0) is 43.0. The summed E-state index contributed by atoms with van der Waals surface area (Å²) >= 11 is 1.42. The molecule has 0 saturated carbocycles. The Kier molecular flexibility index (Phi) is 13.7. The molecule has 1 aliphatic heterocycles. The number of rotatable bonds is 9. The topological polar surface area (TPSA) is 191 Å². The highest BCUT2D eigenvalue weighted by Crippen LogP contribution is 2.33. The largest absolute Gasteiger partial charge is 0.415 e. The van der Waals surface area contributed by atoms with Gasteiger partial charge in [-0.2, -0.15) is 0 Å². The number of nitrogen functional groups attached to an aromatic ring is 1. The van der Waals surface area contributed by atoms with Crippen LogP contribution in [0.3, 0.4) is 0 Å². The number of benzene rings is 3. The maximum atomic E-state index is 12.8. The van der Waals surface area contributed by atoms with Crippen LogP contribution in [0.25, 0.3) is 72.5 Å². The molecule has 1 fully saturated rings. The summed E-state index contributed by atoms with van der Waals surface area (Å²) in [5.74, 6) is 1.11. The van der Waals surface area contributed by atoms with Gasteiger partial charge in [-0.3, -0.25) is 14.8 Å². The molecule has 0 atom stereocenters. The molecule has 1 aliphatic rings. The lowest BCUT2D eigenvalue weighted by Gasteiger charge is -2.20. The fourth-order valence-corrected chi connectivity index (χ4v) is 7.39. The van der Waals surface area contributed by atoms with Gasteiger partial charge in [0.1, 0.15) is 16.4 Å². The molecule has 1 saturated heterocycles. The summed E-state index contributed by atoms with van der Waals surface area (Å²) in [7, 11) is 3.94. The number of amides is 1. The zero-order valence-corrected chi connectivity index (χ0v) is 35.3. The molecule has 3 N–H and O–H groups in total. The van der Waals surface area contributed by atoms with Crippen LogP contribution < -0.4 is 11.1 Å². The molecular formula is C47H53N13O2S. The molecule has 0 aliphatic carbocycles. The number of aromatic nitrogens is 9. The lowest BCUT2D eigenvalue weighted by molar-refractivity contribution is 0.0766. The average molecular weight is 864 g/mol. The van der Waals surface area contributed by atoms with E-state index in [9.17, 15) is 4.79 Å². The van der Waals surface area contributed by atoms with E-state index >= 15 is 0 Å². The van der Waals surface area contributed by atoms with Gasteiger partial charge in [-0.1, -0.05) is 92.1 Å². The summed E-state index contributed by atoms with van der Waals surface area (Å²) in [4.78, 5) is 39.0. The van der Waals surface area contributed by atoms with E-state index in [1.165, 1.54) is 11.3 Å². The monoisotopic (exact) mass is 863 g/mol. The lowest BCUT2D eigenvalue weighted by atomic mass is 10.1. The van der Waals surface area contributed by atoms with Crippen LogP contribution in [0.15, 0.2) is 127 Å². The predicted octanol–water partition coefficient (Wildman–Crippen LogP) is 8.82. The van der Waals surface area contributed by atoms with E-state index in [2.05, 4.69) is 47.2 Å². The van der Waals surface area contributed by atoms with Crippen molar-refractivity contribution in [2.45, 2.75) is 20.8 Å². The molecule has 0 radical (unpaired) electrons. The number of carbonyl (C=O) groups is 1. The van der Waals surface area contributed by atoms with Crippen molar-refractivity contribution in [3.05, 3.63) is 139 Å². The molecule has 3 aromatic carbocycles. The van der Waals surface area contributed by atoms with Crippen LogP contribution in [-0.4, -0.2) is 101 Å². The van der Waals surface area contributed by atoms with Crippen molar-refractivity contribution in [2.24, 2.45) is 0 Å². The molecule has 5 aromatic heterocycles. The minimum Gasteiger partial charge on any atom is -0.415 e. The first-order valence-corrected chi connectivity index (χ1v) is 20.7. The Balaban J connectivity index is 0.000000274. The normalized spacial score (nSPS) is 12.3. The Morgan fingerprint density at radius 2 is 1.38 bits per heavy atom. The third kappa shape index (κ3) is 10.2. The van der Waals surface area contributed by atoms with Crippen molar-refractivity contribution in [2.75, 3.05) is 46.0 Å². The fraction of sp³-hybridized carbons (Fsp3) is 0.191. The van der Waals surface area contributed by atoms with E-state index in [1.54, 1.807) is 24.8 Å². The van der Waals surface area contributed by atoms with E-state index in [1.807, 2.05) is 122 Å². The smallest absolute Gasteiger partial charge is 0.268 e. The predicted molar refractivity (Wildman–Crippen MR) is 254 cm³/mol. The second-order valence-electron chi connectivity index (χ2n) is 14.5. The number of hydrogen-bond donors (Lipinski definition) is 2. The first-order valence-electron chi connectivity index (χ1n) is 19.9. The van der Waals surface area contributed by atoms with E-state index in [0.29, 0.717) is 45.3 Å². The summed E-state index contributed by atoms with van der Waals surface area (Å²) in [6, 6.07) is 29.0. The molecule has 0 spiro atoms. The number of pyridine rings is 1. The Bertz CT molecular complexity index is 2800. The van der Waals surface area contributed by atoms with Crippen LogP contribution in [0.1, 0.15) is 39.7 Å². The molecule has 324 valence electrons. The highest BCUT2D eigenvalue weighted by Gasteiger charge is 2.20. The van der Waals surface area contributed by atoms with E-state index in [0.717, 1.165) is 82.5 Å². The van der Waals surface area contributed by atoms with E-state index < -0.39 is 0 Å². The maximum absolute atomic E-state index is 12.8. The number of hydrogen-bond acceptors (Lipinski definition) is 15. The third-order valence-corrected chi connectivity index (χ3v) is 11.0.